The Morgan fingerprint density at radius 2 is 1.79 bits per heavy atom. The number of esters is 2. The average molecular weight is 262 g/mol. The van der Waals surface area contributed by atoms with E-state index < -0.39 is 17.7 Å². The Labute approximate surface area is 110 Å². The molecule has 0 saturated carbocycles. The van der Waals surface area contributed by atoms with Crippen LogP contribution in [0.2, 0.25) is 0 Å². The molecule has 0 unspecified atom stereocenters. The van der Waals surface area contributed by atoms with Crippen molar-refractivity contribution in [3.63, 3.8) is 0 Å². The van der Waals surface area contributed by atoms with E-state index in [9.17, 15) is 14.4 Å². The molecule has 5 nitrogen and oxygen atoms in total. The Morgan fingerprint density at radius 3 is 2.32 bits per heavy atom. The van der Waals surface area contributed by atoms with E-state index in [0.717, 1.165) is 0 Å². The van der Waals surface area contributed by atoms with E-state index >= 15 is 0 Å². The van der Waals surface area contributed by atoms with Gasteiger partial charge in [0.1, 0.15) is 5.57 Å². The van der Waals surface area contributed by atoms with Crippen molar-refractivity contribution in [2.75, 3.05) is 14.2 Å². The number of ketones is 1. The summed E-state index contributed by atoms with van der Waals surface area (Å²) < 4.78 is 9.12. The molecule has 0 aliphatic rings. The highest BCUT2D eigenvalue weighted by Crippen LogP contribution is 2.12. The number of carbonyl (C=O) groups excluding carboxylic acids is 3. The van der Waals surface area contributed by atoms with E-state index in [1.807, 2.05) is 0 Å². The lowest BCUT2D eigenvalue weighted by Gasteiger charge is -2.03. The number of Topliss-reactive ketones (excluding diaryl/α,β-unsaturated/α-hetero) is 1. The van der Waals surface area contributed by atoms with Gasteiger partial charge in [-0.2, -0.15) is 0 Å². The van der Waals surface area contributed by atoms with Crippen LogP contribution in [-0.4, -0.2) is 31.9 Å². The fourth-order valence-corrected chi connectivity index (χ4v) is 1.45. The summed E-state index contributed by atoms with van der Waals surface area (Å²) in [6, 6.07) is 6.40. The van der Waals surface area contributed by atoms with Crippen molar-refractivity contribution in [3.05, 3.63) is 41.0 Å². The summed E-state index contributed by atoms with van der Waals surface area (Å²) in [5, 5.41) is 0. The van der Waals surface area contributed by atoms with Gasteiger partial charge in [-0.1, -0.05) is 12.1 Å². The number of benzene rings is 1. The maximum absolute atomic E-state index is 11.4. The maximum Gasteiger partial charge on any atom is 0.341 e. The summed E-state index contributed by atoms with van der Waals surface area (Å²) >= 11 is 0. The minimum absolute atomic E-state index is 0.0792. The Bertz CT molecular complexity index is 543. The number of hydrogen-bond donors (Lipinski definition) is 0. The second kappa shape index (κ2) is 6.49. The number of carbonyl (C=O) groups is 3. The first-order valence-corrected chi connectivity index (χ1v) is 5.49. The fraction of sp³-hybridized carbons (Fsp3) is 0.214. The molecule has 1 aromatic rings. The second-order valence-electron chi connectivity index (χ2n) is 3.72. The highest BCUT2D eigenvalue weighted by Gasteiger charge is 2.15. The fourth-order valence-electron chi connectivity index (χ4n) is 1.45. The number of hydrogen-bond acceptors (Lipinski definition) is 5. The standard InChI is InChI=1S/C14H14O5/c1-9(15)12(14(17)19-3)8-10-5-4-6-11(7-10)13(16)18-2/h4-8H,1-3H3. The van der Waals surface area contributed by atoms with Gasteiger partial charge in [0.25, 0.3) is 0 Å². The average Bonchev–Trinajstić information content (AvgIpc) is 2.43. The Balaban J connectivity index is 3.18. The number of ether oxygens (including phenoxy) is 2. The van der Waals surface area contributed by atoms with Crippen LogP contribution in [0.5, 0.6) is 0 Å². The zero-order valence-electron chi connectivity index (χ0n) is 10.9. The third-order valence-corrected chi connectivity index (χ3v) is 2.40. The van der Waals surface area contributed by atoms with E-state index in [0.29, 0.717) is 11.1 Å². The van der Waals surface area contributed by atoms with Crippen molar-refractivity contribution in [1.29, 1.82) is 0 Å². The molecule has 0 spiro atoms. The van der Waals surface area contributed by atoms with E-state index in [-0.39, 0.29) is 5.57 Å². The molecule has 1 aromatic carbocycles. The lowest BCUT2D eigenvalue weighted by molar-refractivity contribution is -0.137. The maximum atomic E-state index is 11.4. The first kappa shape index (κ1) is 14.6. The van der Waals surface area contributed by atoms with Gasteiger partial charge in [0.2, 0.25) is 0 Å². The molecular formula is C14H14O5. The molecule has 1 rings (SSSR count). The summed E-state index contributed by atoms with van der Waals surface area (Å²) in [6.07, 6.45) is 1.38. The van der Waals surface area contributed by atoms with Crippen LogP contribution >= 0.6 is 0 Å². The van der Waals surface area contributed by atoms with E-state index in [4.69, 9.17) is 0 Å². The van der Waals surface area contributed by atoms with Crippen LogP contribution in [0.1, 0.15) is 22.8 Å². The van der Waals surface area contributed by atoms with Crippen LogP contribution < -0.4 is 0 Å². The van der Waals surface area contributed by atoms with E-state index in [2.05, 4.69) is 9.47 Å². The van der Waals surface area contributed by atoms with Gasteiger partial charge >= 0.3 is 11.9 Å². The van der Waals surface area contributed by atoms with Gasteiger partial charge in [0, 0.05) is 0 Å². The van der Waals surface area contributed by atoms with Crippen LogP contribution in [0, 0.1) is 0 Å². The zero-order valence-corrected chi connectivity index (χ0v) is 10.9. The Morgan fingerprint density at radius 1 is 1.11 bits per heavy atom. The molecule has 0 radical (unpaired) electrons. The van der Waals surface area contributed by atoms with Gasteiger partial charge < -0.3 is 9.47 Å². The first-order chi connectivity index (χ1) is 8.99. The molecule has 100 valence electrons. The second-order valence-corrected chi connectivity index (χ2v) is 3.72. The first-order valence-electron chi connectivity index (χ1n) is 5.49. The smallest absolute Gasteiger partial charge is 0.341 e. The van der Waals surface area contributed by atoms with E-state index in [1.54, 1.807) is 18.2 Å². The highest BCUT2D eigenvalue weighted by molar-refractivity contribution is 6.19. The van der Waals surface area contributed by atoms with Crippen LogP contribution in [0.15, 0.2) is 29.8 Å². The third kappa shape index (κ3) is 3.77. The zero-order chi connectivity index (χ0) is 14.4. The molecule has 0 fully saturated rings. The van der Waals surface area contributed by atoms with Gasteiger partial charge in [0.15, 0.2) is 5.78 Å². The lowest BCUT2D eigenvalue weighted by atomic mass is 10.1. The molecule has 0 bridgehead atoms. The SMILES string of the molecule is COC(=O)C(=Cc1cccc(C(=O)OC)c1)C(C)=O. The minimum atomic E-state index is -0.712. The monoisotopic (exact) mass is 262 g/mol. The van der Waals surface area contributed by atoms with Gasteiger partial charge in [-0.25, -0.2) is 9.59 Å². The summed E-state index contributed by atoms with van der Waals surface area (Å²) in [5.41, 5.74) is 0.798. The van der Waals surface area contributed by atoms with Gasteiger partial charge in [-0.05, 0) is 30.7 Å². The van der Waals surface area contributed by atoms with Crippen molar-refractivity contribution in [2.24, 2.45) is 0 Å². The molecule has 0 amide bonds. The molecule has 0 heterocycles. The Hall–Kier alpha value is -2.43. The normalized spacial score (nSPS) is 10.8. The molecular weight excluding hydrogens is 248 g/mol. The molecule has 0 aliphatic carbocycles. The van der Waals surface area contributed by atoms with Crippen LogP contribution in [0.3, 0.4) is 0 Å². The van der Waals surface area contributed by atoms with Gasteiger partial charge in [-0.3, -0.25) is 4.79 Å². The quantitative estimate of drug-likeness (QED) is 0.357. The lowest BCUT2D eigenvalue weighted by Crippen LogP contribution is -2.11. The molecule has 0 atom stereocenters. The predicted molar refractivity (Wildman–Crippen MR) is 68.5 cm³/mol. The summed E-state index contributed by atoms with van der Waals surface area (Å²) in [4.78, 5) is 34.2. The topological polar surface area (TPSA) is 69.7 Å². The summed E-state index contributed by atoms with van der Waals surface area (Å²) in [6.45, 7) is 1.27. The van der Waals surface area contributed by atoms with Crippen LogP contribution in [0.25, 0.3) is 6.08 Å². The molecule has 19 heavy (non-hydrogen) atoms. The summed E-state index contributed by atoms with van der Waals surface area (Å²) in [5.74, 6) is -1.61. The van der Waals surface area contributed by atoms with E-state index in [1.165, 1.54) is 33.3 Å². The number of methoxy groups -OCH3 is 2. The largest absolute Gasteiger partial charge is 0.465 e. The molecule has 0 aromatic heterocycles. The molecule has 0 saturated heterocycles. The third-order valence-electron chi connectivity index (χ3n) is 2.40. The molecule has 0 N–H and O–H groups in total. The minimum Gasteiger partial charge on any atom is -0.465 e. The van der Waals surface area contributed by atoms with Gasteiger partial charge in [-0.15, -0.1) is 0 Å². The summed E-state index contributed by atoms with van der Waals surface area (Å²) in [7, 11) is 2.48. The predicted octanol–water partition coefficient (Wildman–Crippen LogP) is 1.62. The van der Waals surface area contributed by atoms with Crippen molar-refractivity contribution in [1.82, 2.24) is 0 Å². The van der Waals surface area contributed by atoms with Crippen molar-refractivity contribution < 1.29 is 23.9 Å². The Kier molecular flexibility index (Phi) is 5.00. The van der Waals surface area contributed by atoms with Crippen LogP contribution in [-0.2, 0) is 19.1 Å². The number of rotatable bonds is 4. The van der Waals surface area contributed by atoms with Crippen molar-refractivity contribution in [2.45, 2.75) is 6.92 Å². The molecule has 5 heteroatoms. The highest BCUT2D eigenvalue weighted by atomic mass is 16.5. The van der Waals surface area contributed by atoms with Crippen molar-refractivity contribution >= 4 is 23.8 Å². The molecule has 0 aliphatic heterocycles. The van der Waals surface area contributed by atoms with Crippen molar-refractivity contribution in [3.8, 4) is 0 Å². The van der Waals surface area contributed by atoms with Crippen LogP contribution in [0.4, 0.5) is 0 Å². The van der Waals surface area contributed by atoms with Gasteiger partial charge in [0.05, 0.1) is 19.8 Å².